The van der Waals surface area contributed by atoms with Gasteiger partial charge >= 0.3 is 0 Å². The number of ether oxygens (including phenoxy) is 1. The third-order valence-electron chi connectivity index (χ3n) is 6.37. The fraction of sp³-hybridized carbons (Fsp3) is 0.269. The van der Waals surface area contributed by atoms with E-state index in [2.05, 4.69) is 60.1 Å². The van der Waals surface area contributed by atoms with Crippen LogP contribution in [0.15, 0.2) is 66.3 Å². The quantitative estimate of drug-likeness (QED) is 0.454. The van der Waals surface area contributed by atoms with E-state index in [4.69, 9.17) is 9.72 Å². The van der Waals surface area contributed by atoms with Gasteiger partial charge in [-0.15, -0.1) is 5.10 Å². The van der Waals surface area contributed by atoms with Crippen molar-refractivity contribution in [1.82, 2.24) is 24.6 Å². The molecule has 1 aliphatic heterocycles. The third kappa shape index (κ3) is 3.23. The van der Waals surface area contributed by atoms with Crippen LogP contribution in [-0.2, 0) is 4.79 Å². The average molecular weight is 438 g/mol. The highest BCUT2D eigenvalue weighted by Gasteiger charge is 2.43. The summed E-state index contributed by atoms with van der Waals surface area (Å²) in [7, 11) is 0. The predicted octanol–water partition coefficient (Wildman–Crippen LogP) is 4.66. The molecule has 0 fully saturated rings. The van der Waals surface area contributed by atoms with Gasteiger partial charge in [0.15, 0.2) is 11.4 Å². The van der Waals surface area contributed by atoms with Crippen LogP contribution in [0, 0.1) is 12.3 Å². The van der Waals surface area contributed by atoms with E-state index in [0.717, 1.165) is 22.4 Å². The molecule has 1 atom stereocenters. The van der Waals surface area contributed by atoms with Crippen LogP contribution in [-0.4, -0.2) is 30.3 Å². The summed E-state index contributed by atoms with van der Waals surface area (Å²) in [6, 6.07) is 13.9. The molecule has 0 bridgehead atoms. The molecule has 3 aromatic heterocycles. The highest BCUT2D eigenvalue weighted by Crippen LogP contribution is 2.50. The van der Waals surface area contributed by atoms with E-state index in [1.54, 1.807) is 17.0 Å². The summed E-state index contributed by atoms with van der Waals surface area (Å²) in [5, 5.41) is 4.60. The summed E-state index contributed by atoms with van der Waals surface area (Å²) in [6.45, 7) is 6.25. The maximum atomic E-state index is 13.5. The van der Waals surface area contributed by atoms with Crippen LogP contribution >= 0.6 is 0 Å². The second-order valence-electron chi connectivity index (χ2n) is 9.61. The summed E-state index contributed by atoms with van der Waals surface area (Å²) in [5.41, 5.74) is 4.79. The maximum Gasteiger partial charge on any atom is 0.228 e. The van der Waals surface area contributed by atoms with Gasteiger partial charge in [0.1, 0.15) is 17.8 Å². The van der Waals surface area contributed by atoms with E-state index in [1.165, 1.54) is 0 Å². The van der Waals surface area contributed by atoms with E-state index in [0.29, 0.717) is 41.5 Å². The van der Waals surface area contributed by atoms with E-state index < -0.39 is 0 Å². The van der Waals surface area contributed by atoms with Crippen LogP contribution in [0.25, 0.3) is 17.2 Å². The first-order valence-electron chi connectivity index (χ1n) is 11.1. The lowest BCUT2D eigenvalue weighted by atomic mass is 9.70. The Morgan fingerprint density at radius 1 is 1.06 bits per heavy atom. The molecule has 6 rings (SSSR count). The lowest BCUT2D eigenvalue weighted by Crippen LogP contribution is -2.33. The minimum absolute atomic E-state index is 0.115. The summed E-state index contributed by atoms with van der Waals surface area (Å²) >= 11 is 0. The van der Waals surface area contributed by atoms with Crippen molar-refractivity contribution in [3.05, 3.63) is 83.0 Å². The molecule has 1 aromatic carbocycles. The third-order valence-corrected chi connectivity index (χ3v) is 6.37. The van der Waals surface area contributed by atoms with Crippen molar-refractivity contribution in [2.45, 2.75) is 39.5 Å². The molecule has 2 aliphatic rings. The van der Waals surface area contributed by atoms with Gasteiger partial charge in [-0.25, -0.2) is 14.5 Å². The van der Waals surface area contributed by atoms with Gasteiger partial charge in [0.25, 0.3) is 0 Å². The molecule has 164 valence electrons. The fourth-order valence-electron chi connectivity index (χ4n) is 4.84. The van der Waals surface area contributed by atoms with E-state index >= 15 is 0 Å². The van der Waals surface area contributed by atoms with Crippen LogP contribution in [0.2, 0.25) is 0 Å². The second kappa shape index (κ2) is 7.07. The van der Waals surface area contributed by atoms with Gasteiger partial charge < -0.3 is 4.74 Å². The molecule has 7 heteroatoms. The number of allylic oxidation sites excluding steroid dienone is 2. The maximum absolute atomic E-state index is 13.5. The smallest absolute Gasteiger partial charge is 0.228 e. The standard InChI is InChI=1S/C26H23N5O2/c1-15-7-9-16(10-8-15)20-21-18(32)12-26(2,3)13-19(21)33-25-22(20)24-29-23(30-31(24)14-28-25)17-6-4-5-11-27-17/h4-11,14,20H,12-13H2,1-3H3/t20-/m0/s1. The highest BCUT2D eigenvalue weighted by atomic mass is 16.5. The molecule has 0 unspecified atom stereocenters. The molecule has 0 N–H and O–H groups in total. The van der Waals surface area contributed by atoms with Crippen molar-refractivity contribution in [2.24, 2.45) is 5.41 Å². The molecular formula is C26H23N5O2. The van der Waals surface area contributed by atoms with Gasteiger partial charge in [-0.2, -0.15) is 0 Å². The van der Waals surface area contributed by atoms with Gasteiger partial charge in [0.05, 0.1) is 5.56 Å². The summed E-state index contributed by atoms with van der Waals surface area (Å²) in [6.07, 6.45) is 4.50. The van der Waals surface area contributed by atoms with Crippen LogP contribution in [0.5, 0.6) is 5.88 Å². The number of nitrogens with zero attached hydrogens (tertiary/aromatic N) is 5. The molecule has 0 amide bonds. The lowest BCUT2D eigenvalue weighted by Gasteiger charge is -2.37. The van der Waals surface area contributed by atoms with Crippen molar-refractivity contribution < 1.29 is 9.53 Å². The Hall–Kier alpha value is -3.87. The predicted molar refractivity (Wildman–Crippen MR) is 123 cm³/mol. The number of Topliss-reactive ketones (excluding diaryl/α,β-unsaturated/α-hetero) is 1. The first-order valence-corrected chi connectivity index (χ1v) is 11.1. The van der Waals surface area contributed by atoms with Crippen molar-refractivity contribution >= 4 is 11.4 Å². The fourth-order valence-corrected chi connectivity index (χ4v) is 4.84. The molecule has 0 saturated carbocycles. The molecule has 7 nitrogen and oxygen atoms in total. The van der Waals surface area contributed by atoms with Crippen molar-refractivity contribution in [3.8, 4) is 17.4 Å². The van der Waals surface area contributed by atoms with E-state index in [9.17, 15) is 4.79 Å². The Balaban J connectivity index is 1.61. The van der Waals surface area contributed by atoms with Gasteiger partial charge in [-0.3, -0.25) is 9.78 Å². The van der Waals surface area contributed by atoms with E-state index in [-0.39, 0.29) is 17.1 Å². The number of hydrogen-bond acceptors (Lipinski definition) is 6. The summed E-state index contributed by atoms with van der Waals surface area (Å²) in [4.78, 5) is 27.2. The van der Waals surface area contributed by atoms with Crippen LogP contribution < -0.4 is 4.74 Å². The zero-order chi connectivity index (χ0) is 22.7. The Bertz CT molecular complexity index is 1440. The van der Waals surface area contributed by atoms with Gasteiger partial charge in [0.2, 0.25) is 11.7 Å². The molecule has 4 heterocycles. The molecule has 4 aromatic rings. The molecule has 0 saturated heterocycles. The van der Waals surface area contributed by atoms with Crippen LogP contribution in [0.3, 0.4) is 0 Å². The minimum Gasteiger partial charge on any atom is -0.442 e. The number of ketones is 1. The average Bonchev–Trinajstić information content (AvgIpc) is 3.23. The Morgan fingerprint density at radius 2 is 1.88 bits per heavy atom. The number of aryl methyl sites for hydroxylation is 1. The zero-order valence-electron chi connectivity index (χ0n) is 18.7. The number of carbonyl (C=O) groups excluding carboxylic acids is 1. The van der Waals surface area contributed by atoms with Crippen LogP contribution in [0.4, 0.5) is 0 Å². The van der Waals surface area contributed by atoms with Gasteiger partial charge in [0, 0.05) is 30.5 Å². The zero-order valence-corrected chi connectivity index (χ0v) is 18.7. The van der Waals surface area contributed by atoms with E-state index in [1.807, 2.05) is 18.2 Å². The first-order chi connectivity index (χ1) is 15.9. The number of hydrogen-bond donors (Lipinski definition) is 0. The summed E-state index contributed by atoms with van der Waals surface area (Å²) in [5.74, 6) is 1.51. The topological polar surface area (TPSA) is 82.3 Å². The highest BCUT2D eigenvalue weighted by molar-refractivity contribution is 6.00. The molecule has 1 aliphatic carbocycles. The van der Waals surface area contributed by atoms with Crippen molar-refractivity contribution in [2.75, 3.05) is 0 Å². The molecule has 33 heavy (non-hydrogen) atoms. The van der Waals surface area contributed by atoms with Gasteiger partial charge in [-0.05, 0) is 30.0 Å². The minimum atomic E-state index is -0.315. The molecule has 0 radical (unpaired) electrons. The number of carbonyl (C=O) groups is 1. The monoisotopic (exact) mass is 437 g/mol. The van der Waals surface area contributed by atoms with Gasteiger partial charge in [-0.1, -0.05) is 49.7 Å². The van der Waals surface area contributed by atoms with Crippen molar-refractivity contribution in [3.63, 3.8) is 0 Å². The second-order valence-corrected chi connectivity index (χ2v) is 9.61. The molecule has 0 spiro atoms. The number of fused-ring (bicyclic) bond motifs is 3. The molecular weight excluding hydrogens is 414 g/mol. The first kappa shape index (κ1) is 19.8. The Morgan fingerprint density at radius 3 is 2.64 bits per heavy atom. The lowest BCUT2D eigenvalue weighted by molar-refractivity contribution is -0.118. The largest absolute Gasteiger partial charge is 0.442 e. The number of rotatable bonds is 2. The van der Waals surface area contributed by atoms with Crippen molar-refractivity contribution in [1.29, 1.82) is 0 Å². The summed E-state index contributed by atoms with van der Waals surface area (Å²) < 4.78 is 7.94. The number of aromatic nitrogens is 5. The Kier molecular flexibility index (Phi) is 4.24. The number of pyridine rings is 1. The normalized spacial score (nSPS) is 19.2. The SMILES string of the molecule is Cc1ccc([C@H]2C3=C(CC(C)(C)CC3=O)Oc3ncn4nc(-c5ccccn5)nc4c32)cc1. The Labute approximate surface area is 191 Å². The number of benzene rings is 1. The van der Waals surface area contributed by atoms with Crippen LogP contribution in [0.1, 0.15) is 49.3 Å².